The molecule has 0 atom stereocenters. The van der Waals surface area contributed by atoms with Crippen molar-refractivity contribution >= 4 is 0 Å². The van der Waals surface area contributed by atoms with Gasteiger partial charge in [0.05, 0.1) is 0 Å². The minimum Gasteiger partial charge on any atom is -0.393 e. The quantitative estimate of drug-likeness (QED) is 0.610. The predicted octanol–water partition coefficient (Wildman–Crippen LogP) is 1.02. The molecule has 0 aromatic carbocycles. The van der Waals surface area contributed by atoms with E-state index in [1.165, 1.54) is 0 Å². The van der Waals surface area contributed by atoms with Crippen molar-refractivity contribution in [3.05, 3.63) is 12.4 Å². The Morgan fingerprint density at radius 2 is 2.00 bits per heavy atom. The molecule has 0 aromatic heterocycles. The van der Waals surface area contributed by atoms with E-state index in [0.717, 1.165) is 0 Å². The maximum Gasteiger partial charge on any atom is 0.0225 e. The number of hydrogen-bond donors (Lipinski definition) is 1. The van der Waals surface area contributed by atoms with Crippen molar-refractivity contribution < 1.29 is 0 Å². The summed E-state index contributed by atoms with van der Waals surface area (Å²) in [6.45, 7) is 4.31. The summed E-state index contributed by atoms with van der Waals surface area (Å²) in [5.74, 6) is 0. The van der Waals surface area contributed by atoms with Gasteiger partial charge in [0.2, 0.25) is 0 Å². The Hall–Kier alpha value is -0.660. The third kappa shape index (κ3) is 3.88. The molecule has 2 heteroatoms. The van der Waals surface area contributed by atoms with Gasteiger partial charge in [0.25, 0.3) is 0 Å². The van der Waals surface area contributed by atoms with Gasteiger partial charge in [-0.05, 0) is 13.8 Å². The lowest BCUT2D eigenvalue weighted by Crippen LogP contribution is -2.20. The minimum absolute atomic E-state index is 0.578. The number of nitrogens with zero attached hydrogens (tertiary/aromatic N) is 1. The topological polar surface area (TPSA) is 15.3 Å². The molecule has 9 heavy (non-hydrogen) atoms. The Morgan fingerprint density at radius 1 is 1.44 bits per heavy atom. The van der Waals surface area contributed by atoms with Gasteiger partial charge in [-0.1, -0.05) is 0 Å². The third-order valence-electron chi connectivity index (χ3n) is 1.29. The molecule has 54 valence electrons. The van der Waals surface area contributed by atoms with Gasteiger partial charge in [0, 0.05) is 32.5 Å². The molecule has 0 aliphatic heterocycles. The number of rotatable bonds is 3. The van der Waals surface area contributed by atoms with Crippen LogP contribution in [0.4, 0.5) is 0 Å². The van der Waals surface area contributed by atoms with Gasteiger partial charge in [-0.15, -0.1) is 0 Å². The first-order valence-electron chi connectivity index (χ1n) is 3.24. The van der Waals surface area contributed by atoms with Crippen molar-refractivity contribution in [3.63, 3.8) is 0 Å². The van der Waals surface area contributed by atoms with Crippen LogP contribution < -0.4 is 5.32 Å². The first-order valence-corrected chi connectivity index (χ1v) is 3.24. The zero-order chi connectivity index (χ0) is 7.28. The average Bonchev–Trinajstić information content (AvgIpc) is 1.82. The van der Waals surface area contributed by atoms with Crippen molar-refractivity contribution in [1.29, 1.82) is 0 Å². The van der Waals surface area contributed by atoms with Crippen LogP contribution in [0.1, 0.15) is 13.8 Å². The molecule has 0 fully saturated rings. The second kappa shape index (κ2) is 4.24. The molecule has 0 heterocycles. The van der Waals surface area contributed by atoms with E-state index < -0.39 is 0 Å². The van der Waals surface area contributed by atoms with Crippen LogP contribution in [0, 0.1) is 0 Å². The molecule has 2 nitrogen and oxygen atoms in total. The Bertz CT molecular complexity index is 86.9. The van der Waals surface area contributed by atoms with Crippen molar-refractivity contribution in [2.24, 2.45) is 0 Å². The summed E-state index contributed by atoms with van der Waals surface area (Å²) in [6, 6.07) is 0.578. The molecule has 0 rings (SSSR count). The van der Waals surface area contributed by atoms with E-state index in [0.29, 0.717) is 6.04 Å². The summed E-state index contributed by atoms with van der Waals surface area (Å²) in [5, 5.41) is 2.93. The molecule has 0 amide bonds. The van der Waals surface area contributed by atoms with Gasteiger partial charge in [-0.3, -0.25) is 0 Å². The Kier molecular flexibility index (Phi) is 3.93. The predicted molar refractivity (Wildman–Crippen MR) is 41.1 cm³/mol. The second-order valence-corrected chi connectivity index (χ2v) is 2.36. The van der Waals surface area contributed by atoms with E-state index in [4.69, 9.17) is 0 Å². The summed E-state index contributed by atoms with van der Waals surface area (Å²) < 4.78 is 0. The first kappa shape index (κ1) is 8.34. The van der Waals surface area contributed by atoms with Crippen molar-refractivity contribution in [1.82, 2.24) is 10.2 Å². The standard InChI is InChI=1S/C7H16N2/c1-7(2)9(4)6-5-8-3/h5-8H,1-4H3/b6-5-. The Labute approximate surface area is 57.5 Å². The van der Waals surface area contributed by atoms with Crippen LogP contribution in [-0.2, 0) is 0 Å². The van der Waals surface area contributed by atoms with Gasteiger partial charge in [-0.2, -0.15) is 0 Å². The van der Waals surface area contributed by atoms with Gasteiger partial charge in [0.1, 0.15) is 0 Å². The zero-order valence-electron chi connectivity index (χ0n) is 6.68. The lowest BCUT2D eigenvalue weighted by atomic mass is 10.4. The highest BCUT2D eigenvalue weighted by molar-refractivity contribution is 4.78. The number of hydrogen-bond acceptors (Lipinski definition) is 2. The normalized spacial score (nSPS) is 10.8. The molecule has 0 unspecified atom stereocenters. The largest absolute Gasteiger partial charge is 0.393 e. The highest BCUT2D eigenvalue weighted by Crippen LogP contribution is 1.91. The SMILES string of the molecule is CN/C=C\N(C)C(C)C. The summed E-state index contributed by atoms with van der Waals surface area (Å²) >= 11 is 0. The summed E-state index contributed by atoms with van der Waals surface area (Å²) in [6.07, 6.45) is 3.94. The van der Waals surface area contributed by atoms with Crippen LogP contribution in [0.25, 0.3) is 0 Å². The maximum atomic E-state index is 2.93. The lowest BCUT2D eigenvalue weighted by Gasteiger charge is -2.17. The van der Waals surface area contributed by atoms with E-state index in [1.54, 1.807) is 0 Å². The summed E-state index contributed by atoms with van der Waals surface area (Å²) in [5.41, 5.74) is 0. The van der Waals surface area contributed by atoms with Gasteiger partial charge >= 0.3 is 0 Å². The molecule has 0 aliphatic rings. The molecule has 0 saturated heterocycles. The molecular formula is C7H16N2. The monoisotopic (exact) mass is 128 g/mol. The second-order valence-electron chi connectivity index (χ2n) is 2.36. The van der Waals surface area contributed by atoms with E-state index in [2.05, 4.69) is 31.1 Å². The first-order chi connectivity index (χ1) is 4.18. The van der Waals surface area contributed by atoms with Gasteiger partial charge < -0.3 is 10.2 Å². The van der Waals surface area contributed by atoms with E-state index in [9.17, 15) is 0 Å². The highest BCUT2D eigenvalue weighted by Gasteiger charge is 1.93. The Morgan fingerprint density at radius 3 is 2.33 bits per heavy atom. The minimum atomic E-state index is 0.578. The van der Waals surface area contributed by atoms with Crippen LogP contribution in [0.2, 0.25) is 0 Å². The molecule has 0 saturated carbocycles. The Balaban J connectivity index is 3.48. The molecule has 0 spiro atoms. The molecule has 1 N–H and O–H groups in total. The van der Waals surface area contributed by atoms with Crippen LogP contribution in [0.5, 0.6) is 0 Å². The smallest absolute Gasteiger partial charge is 0.0225 e. The fourth-order valence-electron chi connectivity index (χ4n) is 0.364. The fourth-order valence-corrected chi connectivity index (χ4v) is 0.364. The molecule has 0 bridgehead atoms. The molecule has 0 aromatic rings. The van der Waals surface area contributed by atoms with Crippen molar-refractivity contribution in [3.8, 4) is 0 Å². The van der Waals surface area contributed by atoms with Crippen LogP contribution in [-0.4, -0.2) is 25.0 Å². The lowest BCUT2D eigenvalue weighted by molar-refractivity contribution is 0.374. The van der Waals surface area contributed by atoms with E-state index in [-0.39, 0.29) is 0 Å². The average molecular weight is 128 g/mol. The molecule has 0 aliphatic carbocycles. The van der Waals surface area contributed by atoms with Crippen molar-refractivity contribution in [2.45, 2.75) is 19.9 Å². The van der Waals surface area contributed by atoms with Crippen LogP contribution >= 0.6 is 0 Å². The third-order valence-corrected chi connectivity index (χ3v) is 1.29. The van der Waals surface area contributed by atoms with Crippen LogP contribution in [0.3, 0.4) is 0 Å². The van der Waals surface area contributed by atoms with Crippen LogP contribution in [0.15, 0.2) is 12.4 Å². The molecular weight excluding hydrogens is 112 g/mol. The maximum absolute atomic E-state index is 2.93. The zero-order valence-corrected chi connectivity index (χ0v) is 6.68. The summed E-state index contributed by atoms with van der Waals surface area (Å²) in [7, 11) is 3.95. The van der Waals surface area contributed by atoms with Gasteiger partial charge in [0.15, 0.2) is 0 Å². The van der Waals surface area contributed by atoms with Gasteiger partial charge in [-0.25, -0.2) is 0 Å². The fraction of sp³-hybridized carbons (Fsp3) is 0.714. The van der Waals surface area contributed by atoms with E-state index in [1.807, 2.05) is 19.4 Å². The summed E-state index contributed by atoms with van der Waals surface area (Å²) in [4.78, 5) is 2.14. The van der Waals surface area contributed by atoms with Crippen molar-refractivity contribution in [2.75, 3.05) is 14.1 Å². The molecule has 0 radical (unpaired) electrons. The number of nitrogens with one attached hydrogen (secondary N) is 1. The van der Waals surface area contributed by atoms with E-state index >= 15 is 0 Å². The highest BCUT2D eigenvalue weighted by atomic mass is 15.1.